The van der Waals surface area contributed by atoms with Crippen molar-refractivity contribution in [1.82, 2.24) is 9.88 Å². The second kappa shape index (κ2) is 10.1. The van der Waals surface area contributed by atoms with Crippen LogP contribution < -0.4 is 4.74 Å². The summed E-state index contributed by atoms with van der Waals surface area (Å²) in [5.41, 5.74) is 3.24. The number of aliphatic hydroxyl groups is 1. The van der Waals surface area contributed by atoms with Gasteiger partial charge in [0.15, 0.2) is 0 Å². The molecule has 6 heteroatoms. The molecule has 0 unspecified atom stereocenters. The number of aliphatic hydroxyl groups excluding tert-OH is 1. The number of carbonyl (C=O) groups is 2. The molecule has 1 atom stereocenters. The molecule has 0 spiro atoms. The lowest BCUT2D eigenvalue weighted by Gasteiger charge is -2.25. The van der Waals surface area contributed by atoms with E-state index in [1.807, 2.05) is 44.2 Å². The lowest BCUT2D eigenvalue weighted by Crippen LogP contribution is -2.29. The van der Waals surface area contributed by atoms with Gasteiger partial charge in [0.05, 0.1) is 17.7 Å². The highest BCUT2D eigenvalue weighted by Gasteiger charge is 2.46. The monoisotopic (exact) mass is 470 g/mol. The van der Waals surface area contributed by atoms with E-state index in [-0.39, 0.29) is 24.0 Å². The number of carbonyl (C=O) groups excluding carboxylic acids is 2. The SMILES string of the molecule is CC(C)Oc1ccc(C(O)=C2C(=O)C(=O)N(Cc3cccnc3)[C@H]2c2ccc(C(C)C)cc2)cc1. The van der Waals surface area contributed by atoms with E-state index in [2.05, 4.69) is 18.8 Å². The van der Waals surface area contributed by atoms with Crippen molar-refractivity contribution >= 4 is 17.4 Å². The van der Waals surface area contributed by atoms with Crippen LogP contribution in [-0.4, -0.2) is 32.8 Å². The maximum atomic E-state index is 13.2. The maximum Gasteiger partial charge on any atom is 0.295 e. The minimum atomic E-state index is -0.719. The summed E-state index contributed by atoms with van der Waals surface area (Å²) in [7, 11) is 0. The Bertz CT molecular complexity index is 1230. The number of nitrogens with zero attached hydrogens (tertiary/aromatic N) is 2. The predicted octanol–water partition coefficient (Wildman–Crippen LogP) is 5.61. The molecule has 1 fully saturated rings. The molecule has 1 aliphatic heterocycles. The van der Waals surface area contributed by atoms with Gasteiger partial charge in [0.25, 0.3) is 11.7 Å². The number of hydrogen-bond acceptors (Lipinski definition) is 5. The molecule has 1 N–H and O–H groups in total. The second-order valence-electron chi connectivity index (χ2n) is 9.30. The van der Waals surface area contributed by atoms with Crippen molar-refractivity contribution in [1.29, 1.82) is 0 Å². The third-order valence-electron chi connectivity index (χ3n) is 6.03. The summed E-state index contributed by atoms with van der Waals surface area (Å²) in [6.45, 7) is 8.28. The Morgan fingerprint density at radius 3 is 2.26 bits per heavy atom. The molecular weight excluding hydrogens is 440 g/mol. The van der Waals surface area contributed by atoms with Gasteiger partial charge in [0, 0.05) is 24.5 Å². The van der Waals surface area contributed by atoms with Gasteiger partial charge in [0.1, 0.15) is 11.5 Å². The fourth-order valence-electron chi connectivity index (χ4n) is 4.26. The standard InChI is InChI=1S/C29H30N2O4/c1-18(2)21-7-9-22(10-8-21)26-25(27(32)23-11-13-24(14-12-23)35-19(3)4)28(33)29(34)31(26)17-20-6-5-15-30-16-20/h5-16,18-19,26,32H,17H2,1-4H3/t26-/m0/s1. The Labute approximate surface area is 205 Å². The Morgan fingerprint density at radius 2 is 1.69 bits per heavy atom. The number of hydrogen-bond donors (Lipinski definition) is 1. The first-order valence-corrected chi connectivity index (χ1v) is 11.8. The van der Waals surface area contributed by atoms with Crippen molar-refractivity contribution in [2.45, 2.75) is 52.3 Å². The smallest absolute Gasteiger partial charge is 0.295 e. The third-order valence-corrected chi connectivity index (χ3v) is 6.03. The first-order valence-electron chi connectivity index (χ1n) is 11.8. The Balaban J connectivity index is 1.80. The molecule has 2 aromatic carbocycles. The van der Waals surface area contributed by atoms with Gasteiger partial charge in [-0.05, 0) is 66.8 Å². The normalized spacial score (nSPS) is 17.4. The topological polar surface area (TPSA) is 79.7 Å². The highest BCUT2D eigenvalue weighted by molar-refractivity contribution is 6.46. The van der Waals surface area contributed by atoms with Gasteiger partial charge in [-0.25, -0.2) is 0 Å². The second-order valence-corrected chi connectivity index (χ2v) is 9.30. The summed E-state index contributed by atoms with van der Waals surface area (Å²) in [5, 5.41) is 11.3. The molecule has 1 aliphatic rings. The van der Waals surface area contributed by atoms with E-state index in [1.54, 1.807) is 42.7 Å². The number of benzene rings is 2. The molecule has 180 valence electrons. The summed E-state index contributed by atoms with van der Waals surface area (Å²) in [4.78, 5) is 32.1. The zero-order valence-corrected chi connectivity index (χ0v) is 20.4. The molecule has 6 nitrogen and oxygen atoms in total. The number of ether oxygens (including phenoxy) is 1. The zero-order valence-electron chi connectivity index (χ0n) is 20.4. The Morgan fingerprint density at radius 1 is 1.00 bits per heavy atom. The highest BCUT2D eigenvalue weighted by Crippen LogP contribution is 2.40. The summed E-state index contributed by atoms with van der Waals surface area (Å²) in [6.07, 6.45) is 3.35. The van der Waals surface area contributed by atoms with Crippen LogP contribution in [0.4, 0.5) is 0 Å². The third kappa shape index (κ3) is 5.11. The molecule has 2 heterocycles. The van der Waals surface area contributed by atoms with Gasteiger partial charge in [-0.3, -0.25) is 14.6 Å². The lowest BCUT2D eigenvalue weighted by atomic mass is 9.93. The molecule has 4 rings (SSSR count). The van der Waals surface area contributed by atoms with Crippen LogP contribution in [0, 0.1) is 0 Å². The van der Waals surface area contributed by atoms with E-state index in [0.29, 0.717) is 17.2 Å². The number of rotatable bonds is 7. The molecule has 0 radical (unpaired) electrons. The van der Waals surface area contributed by atoms with Crippen LogP contribution in [-0.2, 0) is 16.1 Å². The molecule has 3 aromatic rings. The maximum absolute atomic E-state index is 13.2. The highest BCUT2D eigenvalue weighted by atomic mass is 16.5. The average molecular weight is 471 g/mol. The Kier molecular flexibility index (Phi) is 7.01. The van der Waals surface area contributed by atoms with Crippen LogP contribution in [0.2, 0.25) is 0 Å². The number of ketones is 1. The molecule has 0 aliphatic carbocycles. The van der Waals surface area contributed by atoms with Crippen molar-refractivity contribution in [3.8, 4) is 5.75 Å². The zero-order chi connectivity index (χ0) is 25.1. The number of aromatic nitrogens is 1. The van der Waals surface area contributed by atoms with E-state index < -0.39 is 17.7 Å². The van der Waals surface area contributed by atoms with Crippen molar-refractivity contribution < 1.29 is 19.4 Å². The van der Waals surface area contributed by atoms with E-state index in [0.717, 1.165) is 16.7 Å². The predicted molar refractivity (Wildman–Crippen MR) is 135 cm³/mol. The van der Waals surface area contributed by atoms with Crippen molar-refractivity contribution in [3.05, 3.63) is 101 Å². The quantitative estimate of drug-likeness (QED) is 0.276. The number of amides is 1. The van der Waals surface area contributed by atoms with E-state index in [4.69, 9.17) is 4.74 Å². The van der Waals surface area contributed by atoms with Gasteiger partial charge in [-0.2, -0.15) is 0 Å². The van der Waals surface area contributed by atoms with Gasteiger partial charge < -0.3 is 14.7 Å². The van der Waals surface area contributed by atoms with Crippen molar-refractivity contribution in [2.75, 3.05) is 0 Å². The molecule has 1 amide bonds. The fraction of sp³-hybridized carbons (Fsp3) is 0.276. The van der Waals surface area contributed by atoms with Gasteiger partial charge in [-0.15, -0.1) is 0 Å². The number of Topliss-reactive ketones (excluding diaryl/α,β-unsaturated/α-hetero) is 1. The first-order chi connectivity index (χ1) is 16.8. The minimum absolute atomic E-state index is 0.0149. The van der Waals surface area contributed by atoms with Crippen molar-refractivity contribution in [2.24, 2.45) is 0 Å². The van der Waals surface area contributed by atoms with Crippen LogP contribution in [0.25, 0.3) is 5.76 Å². The van der Waals surface area contributed by atoms with E-state index >= 15 is 0 Å². The van der Waals surface area contributed by atoms with Gasteiger partial charge in [-0.1, -0.05) is 44.2 Å². The van der Waals surface area contributed by atoms with Crippen molar-refractivity contribution in [3.63, 3.8) is 0 Å². The molecule has 1 aromatic heterocycles. The minimum Gasteiger partial charge on any atom is -0.507 e. The van der Waals surface area contributed by atoms with E-state index in [1.165, 1.54) is 4.90 Å². The van der Waals surface area contributed by atoms with Gasteiger partial charge in [0.2, 0.25) is 0 Å². The Hall–Kier alpha value is -3.93. The van der Waals surface area contributed by atoms with Crippen LogP contribution in [0.1, 0.15) is 61.9 Å². The molecule has 1 saturated heterocycles. The van der Waals surface area contributed by atoms with Crippen LogP contribution >= 0.6 is 0 Å². The van der Waals surface area contributed by atoms with Crippen LogP contribution in [0.15, 0.2) is 78.6 Å². The molecule has 35 heavy (non-hydrogen) atoms. The molecule has 0 saturated carbocycles. The van der Waals surface area contributed by atoms with E-state index in [9.17, 15) is 14.7 Å². The lowest BCUT2D eigenvalue weighted by molar-refractivity contribution is -0.140. The summed E-state index contributed by atoms with van der Waals surface area (Å²) < 4.78 is 5.68. The first kappa shape index (κ1) is 24.2. The van der Waals surface area contributed by atoms with Crippen LogP contribution in [0.3, 0.4) is 0 Å². The summed E-state index contributed by atoms with van der Waals surface area (Å²) in [5.74, 6) is -0.544. The molecule has 0 bridgehead atoms. The summed E-state index contributed by atoms with van der Waals surface area (Å²) >= 11 is 0. The summed E-state index contributed by atoms with van der Waals surface area (Å²) in [6, 6.07) is 17.7. The number of pyridine rings is 1. The largest absolute Gasteiger partial charge is 0.507 e. The average Bonchev–Trinajstić information content (AvgIpc) is 3.09. The van der Waals surface area contributed by atoms with Gasteiger partial charge >= 0.3 is 0 Å². The molecular formula is C29H30N2O4. The number of likely N-dealkylation sites (tertiary alicyclic amines) is 1. The van der Waals surface area contributed by atoms with Crippen LogP contribution in [0.5, 0.6) is 5.75 Å². The fourth-order valence-corrected chi connectivity index (χ4v) is 4.26.